The minimum Gasteiger partial charge on any atom is -0.350 e. The molecule has 1 atom stereocenters. The molecule has 220 valence electrons. The Morgan fingerprint density at radius 2 is 1.54 bits per heavy atom. The lowest BCUT2D eigenvalue weighted by Crippen LogP contribution is -2.56. The summed E-state index contributed by atoms with van der Waals surface area (Å²) in [7, 11) is -4.15. The first kappa shape index (κ1) is 32.3. The number of carbonyl (C=O) groups excluding carboxylic acids is 2. The van der Waals surface area contributed by atoms with Crippen molar-refractivity contribution >= 4 is 50.7 Å². The van der Waals surface area contributed by atoms with Crippen LogP contribution in [-0.2, 0) is 32.6 Å². The fourth-order valence-corrected chi connectivity index (χ4v) is 5.47. The maximum absolute atomic E-state index is 14.1. The molecule has 0 aromatic heterocycles. The number of nitrogens with one attached hydrogen (secondary N) is 1. The number of sulfonamides is 1. The monoisotopic (exact) mass is 625 g/mol. The molecule has 3 rings (SSSR count). The molecular formula is C29H31Cl2F2N3O4S. The van der Waals surface area contributed by atoms with Crippen molar-refractivity contribution in [3.05, 3.63) is 99.5 Å². The van der Waals surface area contributed by atoms with Crippen molar-refractivity contribution in [1.82, 2.24) is 10.2 Å². The van der Waals surface area contributed by atoms with Gasteiger partial charge in [-0.2, -0.15) is 0 Å². The highest BCUT2D eigenvalue weighted by Crippen LogP contribution is 2.28. The number of nitrogens with zero attached hydrogens (tertiary/aromatic N) is 2. The minimum atomic E-state index is -4.15. The molecule has 0 bridgehead atoms. The Morgan fingerprint density at radius 3 is 2.07 bits per heavy atom. The van der Waals surface area contributed by atoms with Gasteiger partial charge in [0, 0.05) is 40.2 Å². The van der Waals surface area contributed by atoms with Crippen molar-refractivity contribution in [2.24, 2.45) is 0 Å². The van der Waals surface area contributed by atoms with Crippen molar-refractivity contribution in [2.75, 3.05) is 17.1 Å². The molecule has 0 aliphatic rings. The van der Waals surface area contributed by atoms with E-state index >= 15 is 0 Å². The number of anilines is 1. The molecule has 0 radical (unpaired) electrons. The predicted molar refractivity (Wildman–Crippen MR) is 157 cm³/mol. The lowest BCUT2D eigenvalue weighted by molar-refractivity contribution is -0.140. The van der Waals surface area contributed by atoms with E-state index in [9.17, 15) is 26.8 Å². The molecule has 0 saturated carbocycles. The third-order valence-electron chi connectivity index (χ3n) is 6.03. The Hall–Kier alpha value is -3.21. The first-order valence-corrected chi connectivity index (χ1v) is 15.2. The van der Waals surface area contributed by atoms with Gasteiger partial charge in [-0.05, 0) is 50.6 Å². The van der Waals surface area contributed by atoms with Crippen molar-refractivity contribution < 1.29 is 26.8 Å². The average Bonchev–Trinajstić information content (AvgIpc) is 2.86. The van der Waals surface area contributed by atoms with Gasteiger partial charge in [0.25, 0.3) is 0 Å². The van der Waals surface area contributed by atoms with Gasteiger partial charge < -0.3 is 10.2 Å². The number of benzene rings is 3. The van der Waals surface area contributed by atoms with Gasteiger partial charge in [0.05, 0.1) is 11.9 Å². The predicted octanol–water partition coefficient (Wildman–Crippen LogP) is 5.59. The molecule has 0 fully saturated rings. The third kappa shape index (κ3) is 8.89. The van der Waals surface area contributed by atoms with Crippen LogP contribution in [0.1, 0.15) is 31.9 Å². The van der Waals surface area contributed by atoms with Crippen LogP contribution in [0.5, 0.6) is 0 Å². The summed E-state index contributed by atoms with van der Waals surface area (Å²) >= 11 is 12.9. The van der Waals surface area contributed by atoms with E-state index in [1.54, 1.807) is 63.2 Å². The summed E-state index contributed by atoms with van der Waals surface area (Å²) in [5, 5.41) is 3.38. The average molecular weight is 627 g/mol. The Balaban J connectivity index is 2.13. The van der Waals surface area contributed by atoms with E-state index in [1.165, 1.54) is 4.90 Å². The van der Waals surface area contributed by atoms with Gasteiger partial charge in [0.15, 0.2) is 11.6 Å². The molecule has 12 heteroatoms. The van der Waals surface area contributed by atoms with Crippen molar-refractivity contribution in [3.8, 4) is 0 Å². The lowest BCUT2D eigenvalue weighted by Gasteiger charge is -2.35. The van der Waals surface area contributed by atoms with Crippen LogP contribution in [0.2, 0.25) is 10.0 Å². The van der Waals surface area contributed by atoms with Crippen molar-refractivity contribution in [1.29, 1.82) is 0 Å². The molecule has 1 unspecified atom stereocenters. The number of hydrogen-bond donors (Lipinski definition) is 1. The number of halogens is 4. The quantitative estimate of drug-likeness (QED) is 0.318. The molecule has 1 N–H and O–H groups in total. The second kappa shape index (κ2) is 13.2. The summed E-state index contributed by atoms with van der Waals surface area (Å²) < 4.78 is 53.8. The Kier molecular flexibility index (Phi) is 10.4. The maximum Gasteiger partial charge on any atom is 0.244 e. The van der Waals surface area contributed by atoms with E-state index in [4.69, 9.17) is 23.2 Å². The smallest absolute Gasteiger partial charge is 0.244 e. The van der Waals surface area contributed by atoms with E-state index in [0.29, 0.717) is 15.9 Å². The van der Waals surface area contributed by atoms with E-state index < -0.39 is 51.6 Å². The molecule has 41 heavy (non-hydrogen) atoms. The second-order valence-corrected chi connectivity index (χ2v) is 13.3. The van der Waals surface area contributed by atoms with Gasteiger partial charge in [0.2, 0.25) is 21.8 Å². The molecule has 2 amide bonds. The van der Waals surface area contributed by atoms with Crippen LogP contribution in [0.25, 0.3) is 0 Å². The number of amides is 2. The molecule has 0 heterocycles. The fourth-order valence-electron chi connectivity index (χ4n) is 4.11. The molecule has 0 aliphatic carbocycles. The molecule has 0 saturated heterocycles. The van der Waals surface area contributed by atoms with Crippen molar-refractivity contribution in [3.63, 3.8) is 0 Å². The standard InChI is InChI=1S/C29H31Cl2F2N3O4S/c1-29(2,3)34-28(38)26(15-19-9-6-5-7-10-19)35(17-21-22(30)11-8-12-23(21)31)27(37)18-36(41(4,39)40)20-13-14-24(32)25(33)16-20/h5-14,16,26H,15,17-18H2,1-4H3,(H,34,38). The third-order valence-corrected chi connectivity index (χ3v) is 7.88. The molecule has 3 aromatic rings. The van der Waals surface area contributed by atoms with Crippen LogP contribution >= 0.6 is 23.2 Å². The zero-order valence-electron chi connectivity index (χ0n) is 23.0. The van der Waals surface area contributed by atoms with E-state index in [-0.39, 0.29) is 28.7 Å². The number of hydrogen-bond acceptors (Lipinski definition) is 4. The van der Waals surface area contributed by atoms with Gasteiger partial charge in [-0.15, -0.1) is 0 Å². The van der Waals surface area contributed by atoms with Gasteiger partial charge in [-0.25, -0.2) is 17.2 Å². The van der Waals surface area contributed by atoms with Crippen LogP contribution < -0.4 is 9.62 Å². The Labute approximate surface area is 249 Å². The van der Waals surface area contributed by atoms with Gasteiger partial charge >= 0.3 is 0 Å². The molecular weight excluding hydrogens is 595 g/mol. The number of carbonyl (C=O) groups is 2. The zero-order chi connectivity index (χ0) is 30.5. The topological polar surface area (TPSA) is 86.8 Å². The Bertz CT molecular complexity index is 1500. The Morgan fingerprint density at radius 1 is 0.927 bits per heavy atom. The highest BCUT2D eigenvalue weighted by atomic mass is 35.5. The second-order valence-electron chi connectivity index (χ2n) is 10.5. The highest BCUT2D eigenvalue weighted by molar-refractivity contribution is 7.92. The molecule has 3 aromatic carbocycles. The van der Waals surface area contributed by atoms with E-state index in [1.807, 2.05) is 6.07 Å². The van der Waals surface area contributed by atoms with Crippen LogP contribution in [-0.4, -0.2) is 49.5 Å². The first-order valence-electron chi connectivity index (χ1n) is 12.6. The van der Waals surface area contributed by atoms with Crippen LogP contribution in [0.3, 0.4) is 0 Å². The summed E-state index contributed by atoms with van der Waals surface area (Å²) in [6.07, 6.45) is 0.922. The van der Waals surface area contributed by atoms with Gasteiger partial charge in [0.1, 0.15) is 12.6 Å². The SMILES string of the molecule is CC(C)(C)NC(=O)C(Cc1ccccc1)N(Cc1c(Cl)cccc1Cl)C(=O)CN(c1ccc(F)c(F)c1)S(C)(=O)=O. The maximum atomic E-state index is 14.1. The summed E-state index contributed by atoms with van der Waals surface area (Å²) in [6, 6.07) is 15.2. The van der Waals surface area contributed by atoms with Crippen LogP contribution in [0, 0.1) is 11.6 Å². The van der Waals surface area contributed by atoms with Crippen molar-refractivity contribution in [2.45, 2.75) is 45.3 Å². The summed E-state index contributed by atoms with van der Waals surface area (Å²) in [6.45, 7) is 4.32. The molecule has 0 aliphatic heterocycles. The van der Waals surface area contributed by atoms with E-state index in [2.05, 4.69) is 5.32 Å². The summed E-state index contributed by atoms with van der Waals surface area (Å²) in [5.41, 5.74) is 0.177. The normalized spacial score (nSPS) is 12.5. The minimum absolute atomic E-state index is 0.0839. The van der Waals surface area contributed by atoms with Gasteiger partial charge in [-0.1, -0.05) is 59.6 Å². The fraction of sp³-hybridized carbons (Fsp3) is 0.310. The van der Waals surface area contributed by atoms with Crippen LogP contribution in [0.15, 0.2) is 66.7 Å². The highest BCUT2D eigenvalue weighted by Gasteiger charge is 2.35. The van der Waals surface area contributed by atoms with Crippen LogP contribution in [0.4, 0.5) is 14.5 Å². The molecule has 0 spiro atoms. The summed E-state index contributed by atoms with van der Waals surface area (Å²) in [4.78, 5) is 29.0. The largest absolute Gasteiger partial charge is 0.350 e. The molecule has 7 nitrogen and oxygen atoms in total. The number of rotatable bonds is 10. The van der Waals surface area contributed by atoms with Gasteiger partial charge in [-0.3, -0.25) is 13.9 Å². The summed E-state index contributed by atoms with van der Waals surface area (Å²) in [5.74, 6) is -3.74. The van der Waals surface area contributed by atoms with E-state index in [0.717, 1.165) is 24.0 Å². The lowest BCUT2D eigenvalue weighted by atomic mass is 10.0. The zero-order valence-corrected chi connectivity index (χ0v) is 25.3. The first-order chi connectivity index (χ1) is 19.1.